The summed E-state index contributed by atoms with van der Waals surface area (Å²) in [4.78, 5) is 23.5. The lowest BCUT2D eigenvalue weighted by molar-refractivity contribution is -0.139. The van der Waals surface area contributed by atoms with Crippen LogP contribution in [0.15, 0.2) is 4.99 Å². The number of carboxylic acids is 2. The number of carboxylic acid groups (broad SMARTS) is 2. The number of carbonyl (C=O) groups is 2. The predicted octanol–water partition coefficient (Wildman–Crippen LogP) is -0.677. The molecule has 0 aliphatic heterocycles. The highest BCUT2D eigenvalue weighted by atomic mass is 16.4. The zero-order valence-electron chi connectivity index (χ0n) is 10.5. The molecule has 0 aliphatic carbocycles. The third-order valence-corrected chi connectivity index (χ3v) is 1.75. The number of aliphatic imine (C=N–C) groups is 1. The molecule has 1 atom stereocenters. The minimum Gasteiger partial charge on any atom is -0.481 e. The molecule has 0 spiro atoms. The molecule has 8 heteroatoms. The van der Waals surface area contributed by atoms with E-state index in [2.05, 4.69) is 4.99 Å². The van der Waals surface area contributed by atoms with E-state index in [1.54, 1.807) is 0 Å². The summed E-state index contributed by atoms with van der Waals surface area (Å²) in [6.45, 7) is 2.26. The molecule has 0 heterocycles. The molecule has 106 valence electrons. The fourth-order valence-electron chi connectivity index (χ4n) is 0.857. The van der Waals surface area contributed by atoms with Gasteiger partial charge < -0.3 is 27.4 Å². The predicted molar refractivity (Wildman–Crippen MR) is 68.1 cm³/mol. The molecular formula is C10H22N4O4. The van der Waals surface area contributed by atoms with Crippen LogP contribution < -0.4 is 17.2 Å². The number of guanidine groups is 1. The molecule has 0 aromatic heterocycles. The first-order valence-electron chi connectivity index (χ1n) is 5.56. The van der Waals surface area contributed by atoms with Crippen LogP contribution >= 0.6 is 0 Å². The van der Waals surface area contributed by atoms with E-state index in [0.717, 1.165) is 6.42 Å². The summed E-state index contributed by atoms with van der Waals surface area (Å²) in [5.41, 5.74) is 15.3. The molecule has 0 amide bonds. The molecule has 0 aliphatic rings. The molecule has 8 N–H and O–H groups in total. The van der Waals surface area contributed by atoms with Gasteiger partial charge in [-0.15, -0.1) is 0 Å². The van der Waals surface area contributed by atoms with Crippen LogP contribution in [0.1, 0.15) is 32.6 Å². The molecule has 18 heavy (non-hydrogen) atoms. The zero-order chi connectivity index (χ0) is 14.6. The molecule has 0 unspecified atom stereocenters. The van der Waals surface area contributed by atoms with Gasteiger partial charge in [-0.3, -0.25) is 14.6 Å². The number of nitrogens with two attached hydrogens (primary N) is 3. The zero-order valence-corrected chi connectivity index (χ0v) is 10.5. The number of aliphatic carboxylic acids is 2. The maximum Gasteiger partial charge on any atom is 0.320 e. The lowest BCUT2D eigenvalue weighted by Gasteiger charge is -2.03. The van der Waals surface area contributed by atoms with Crippen LogP contribution in [0, 0.1) is 0 Å². The van der Waals surface area contributed by atoms with Gasteiger partial charge in [0.15, 0.2) is 5.96 Å². The number of nitrogens with zero attached hydrogens (tertiary/aromatic N) is 1. The molecule has 0 fully saturated rings. The highest BCUT2D eigenvalue weighted by Crippen LogP contribution is 1.94. The molecule has 0 rings (SSSR count). The van der Waals surface area contributed by atoms with Gasteiger partial charge in [0.25, 0.3) is 0 Å². The first-order chi connectivity index (χ1) is 8.31. The minimum absolute atomic E-state index is 0.0129. The van der Waals surface area contributed by atoms with Crippen molar-refractivity contribution >= 4 is 17.9 Å². The van der Waals surface area contributed by atoms with Gasteiger partial charge in [0, 0.05) is 13.0 Å². The van der Waals surface area contributed by atoms with Gasteiger partial charge >= 0.3 is 11.9 Å². The summed E-state index contributed by atoms with van der Waals surface area (Å²) in [5.74, 6) is -1.70. The smallest absolute Gasteiger partial charge is 0.320 e. The highest BCUT2D eigenvalue weighted by molar-refractivity contribution is 5.75. The number of rotatable bonds is 7. The van der Waals surface area contributed by atoms with Gasteiger partial charge in [-0.05, 0) is 19.3 Å². The van der Waals surface area contributed by atoms with Crippen molar-refractivity contribution in [3.63, 3.8) is 0 Å². The first kappa shape index (κ1) is 18.5. The van der Waals surface area contributed by atoms with E-state index in [0.29, 0.717) is 25.8 Å². The number of hydrogen-bond donors (Lipinski definition) is 5. The maximum atomic E-state index is 10.2. The van der Waals surface area contributed by atoms with Crippen LogP contribution in [-0.2, 0) is 9.59 Å². The largest absolute Gasteiger partial charge is 0.481 e. The Labute approximate surface area is 106 Å². The molecule has 0 aromatic rings. The topological polar surface area (TPSA) is 165 Å². The van der Waals surface area contributed by atoms with Crippen LogP contribution in [0.2, 0.25) is 0 Å². The highest BCUT2D eigenvalue weighted by Gasteiger charge is 2.09. The summed E-state index contributed by atoms with van der Waals surface area (Å²) in [6.07, 6.45) is 1.98. The van der Waals surface area contributed by atoms with Crippen molar-refractivity contribution in [2.75, 3.05) is 6.54 Å². The second-order valence-electron chi connectivity index (χ2n) is 3.54. The Hall–Kier alpha value is -1.83. The summed E-state index contributed by atoms with van der Waals surface area (Å²) in [7, 11) is 0. The molecule has 0 aromatic carbocycles. The third-order valence-electron chi connectivity index (χ3n) is 1.75. The summed E-state index contributed by atoms with van der Waals surface area (Å²) in [6, 6.07) is -0.820. The van der Waals surface area contributed by atoms with E-state index in [1.807, 2.05) is 6.92 Å². The second kappa shape index (κ2) is 11.6. The molecule has 0 radical (unpaired) electrons. The fraction of sp³-hybridized carbons (Fsp3) is 0.700. The van der Waals surface area contributed by atoms with Crippen molar-refractivity contribution < 1.29 is 19.8 Å². The Kier molecular flexibility index (Phi) is 12.0. The Morgan fingerprint density at radius 1 is 1.28 bits per heavy atom. The standard InChI is InChI=1S/C6H14N4O2.C4H8O2/c7-4(5(11)12)2-1-3-10-6(8)9;1-2-3-4(5)6/h4H,1-3,7H2,(H,11,12)(H4,8,9,10);2-3H2,1H3,(H,5,6)/t4-;/m1./s1. The van der Waals surface area contributed by atoms with E-state index in [9.17, 15) is 9.59 Å². The molecule has 0 saturated carbocycles. The van der Waals surface area contributed by atoms with Gasteiger partial charge in [-0.25, -0.2) is 0 Å². The Morgan fingerprint density at radius 2 is 1.83 bits per heavy atom. The monoisotopic (exact) mass is 262 g/mol. The van der Waals surface area contributed by atoms with E-state index in [-0.39, 0.29) is 5.96 Å². The number of hydrogen-bond acceptors (Lipinski definition) is 4. The lowest BCUT2D eigenvalue weighted by atomic mass is 10.2. The fourth-order valence-corrected chi connectivity index (χ4v) is 0.857. The van der Waals surface area contributed by atoms with Crippen molar-refractivity contribution in [1.29, 1.82) is 0 Å². The average molecular weight is 262 g/mol. The van der Waals surface area contributed by atoms with Gasteiger partial charge in [-0.1, -0.05) is 6.92 Å². The minimum atomic E-state index is -1.00. The van der Waals surface area contributed by atoms with E-state index < -0.39 is 18.0 Å². The molecule has 0 bridgehead atoms. The molecule has 0 saturated heterocycles. The summed E-state index contributed by atoms with van der Waals surface area (Å²) >= 11 is 0. The van der Waals surface area contributed by atoms with Crippen LogP contribution in [0.4, 0.5) is 0 Å². The summed E-state index contributed by atoms with van der Waals surface area (Å²) < 4.78 is 0. The van der Waals surface area contributed by atoms with Gasteiger partial charge in [-0.2, -0.15) is 0 Å². The van der Waals surface area contributed by atoms with Crippen molar-refractivity contribution in [1.82, 2.24) is 0 Å². The van der Waals surface area contributed by atoms with Crippen LogP contribution in [0.25, 0.3) is 0 Å². The lowest BCUT2D eigenvalue weighted by Crippen LogP contribution is -2.30. The molecular weight excluding hydrogens is 240 g/mol. The third kappa shape index (κ3) is 16.6. The van der Waals surface area contributed by atoms with Gasteiger partial charge in [0.2, 0.25) is 0 Å². The normalized spacial score (nSPS) is 10.8. The van der Waals surface area contributed by atoms with Crippen LogP contribution in [0.5, 0.6) is 0 Å². The van der Waals surface area contributed by atoms with Crippen molar-refractivity contribution in [2.24, 2.45) is 22.2 Å². The SMILES string of the molecule is CCCC(=O)O.NC(N)=NCCC[C@@H](N)C(=O)O. The van der Waals surface area contributed by atoms with E-state index >= 15 is 0 Å². The van der Waals surface area contributed by atoms with Crippen LogP contribution in [0.3, 0.4) is 0 Å². The Bertz CT molecular complexity index is 277. The Morgan fingerprint density at radius 3 is 2.11 bits per heavy atom. The van der Waals surface area contributed by atoms with Crippen molar-refractivity contribution in [3.8, 4) is 0 Å². The van der Waals surface area contributed by atoms with E-state index in [1.165, 1.54) is 0 Å². The summed E-state index contributed by atoms with van der Waals surface area (Å²) in [5, 5.41) is 16.3. The maximum absolute atomic E-state index is 10.2. The second-order valence-corrected chi connectivity index (χ2v) is 3.54. The van der Waals surface area contributed by atoms with Crippen LogP contribution in [-0.4, -0.2) is 40.7 Å². The average Bonchev–Trinajstić information content (AvgIpc) is 2.24. The van der Waals surface area contributed by atoms with Gasteiger partial charge in [0.1, 0.15) is 6.04 Å². The Balaban J connectivity index is 0. The quantitative estimate of drug-likeness (QED) is 0.230. The van der Waals surface area contributed by atoms with Gasteiger partial charge in [0.05, 0.1) is 0 Å². The first-order valence-corrected chi connectivity index (χ1v) is 5.56. The van der Waals surface area contributed by atoms with Crippen molar-refractivity contribution in [2.45, 2.75) is 38.6 Å². The van der Waals surface area contributed by atoms with Crippen molar-refractivity contribution in [3.05, 3.63) is 0 Å². The van der Waals surface area contributed by atoms with E-state index in [4.69, 9.17) is 27.4 Å². The molecule has 8 nitrogen and oxygen atoms in total.